The van der Waals surface area contributed by atoms with E-state index in [9.17, 15) is 19.2 Å². The predicted molar refractivity (Wildman–Crippen MR) is 102 cm³/mol. The second-order valence-corrected chi connectivity index (χ2v) is 7.16. The molecule has 3 rings (SSSR count). The topological polar surface area (TPSA) is 96.0 Å². The predicted octanol–water partition coefficient (Wildman–Crippen LogP) is 2.39. The van der Waals surface area contributed by atoms with Gasteiger partial charge in [0.05, 0.1) is 12.3 Å². The summed E-state index contributed by atoms with van der Waals surface area (Å²) in [6.07, 6.45) is 3.56. The van der Waals surface area contributed by atoms with E-state index in [2.05, 4.69) is 5.32 Å². The van der Waals surface area contributed by atoms with Crippen molar-refractivity contribution in [2.75, 3.05) is 18.5 Å². The molecule has 1 aromatic rings. The molecule has 1 saturated carbocycles. The Bertz CT molecular complexity index is 794. The van der Waals surface area contributed by atoms with Gasteiger partial charge in [-0.3, -0.25) is 19.3 Å². The molecule has 0 aromatic heterocycles. The molecule has 150 valence electrons. The first-order valence-corrected chi connectivity index (χ1v) is 9.64. The van der Waals surface area contributed by atoms with Crippen molar-refractivity contribution in [2.45, 2.75) is 45.6 Å². The van der Waals surface area contributed by atoms with Gasteiger partial charge in [-0.2, -0.15) is 0 Å². The third-order valence-corrected chi connectivity index (χ3v) is 5.24. The molecule has 2 atom stereocenters. The summed E-state index contributed by atoms with van der Waals surface area (Å²) in [4.78, 5) is 51.7. The fourth-order valence-corrected chi connectivity index (χ4v) is 3.82. The molecule has 1 heterocycles. The van der Waals surface area contributed by atoms with Crippen molar-refractivity contribution in [1.82, 2.24) is 9.80 Å². The molecular weight excluding hydrogens is 362 g/mol. The lowest BCUT2D eigenvalue weighted by Gasteiger charge is -2.34. The van der Waals surface area contributed by atoms with Gasteiger partial charge < -0.3 is 10.1 Å². The van der Waals surface area contributed by atoms with Gasteiger partial charge in [-0.15, -0.1) is 0 Å². The zero-order valence-electron chi connectivity index (χ0n) is 16.1. The summed E-state index contributed by atoms with van der Waals surface area (Å²) in [6.45, 7) is 3.72. The average molecular weight is 387 g/mol. The van der Waals surface area contributed by atoms with Gasteiger partial charge in [0, 0.05) is 6.04 Å². The highest BCUT2D eigenvalue weighted by Gasteiger charge is 2.49. The van der Waals surface area contributed by atoms with Crippen molar-refractivity contribution in [3.63, 3.8) is 0 Å². The van der Waals surface area contributed by atoms with Crippen molar-refractivity contribution < 1.29 is 23.9 Å². The van der Waals surface area contributed by atoms with Crippen molar-refractivity contribution in [3.8, 4) is 5.75 Å². The Hall–Kier alpha value is -2.90. The first kappa shape index (κ1) is 19.9. The standard InChI is InChI=1S/C20H25N3O5/c1-3-28-16-11-7-5-9-14(16)21-17(24)12-22-18(25)19(26)23(20(22)27)15-10-6-4-8-13(15)2/h5,7,9,11,13,15H,3-4,6,8,10,12H2,1-2H3,(H,21,24)/t13-,15+/m0/s1. The van der Waals surface area contributed by atoms with E-state index >= 15 is 0 Å². The normalized spacial score (nSPS) is 22.6. The van der Waals surface area contributed by atoms with Crippen molar-refractivity contribution in [3.05, 3.63) is 24.3 Å². The van der Waals surface area contributed by atoms with E-state index in [-0.39, 0.29) is 12.0 Å². The number of anilines is 1. The van der Waals surface area contributed by atoms with Crippen LogP contribution in [0, 0.1) is 5.92 Å². The minimum absolute atomic E-state index is 0.140. The van der Waals surface area contributed by atoms with Crippen LogP contribution in [0.15, 0.2) is 24.3 Å². The number of urea groups is 1. The highest BCUT2D eigenvalue weighted by molar-refractivity contribution is 6.45. The molecule has 1 N–H and O–H groups in total. The molecule has 0 bridgehead atoms. The number of carbonyl (C=O) groups excluding carboxylic acids is 4. The first-order valence-electron chi connectivity index (χ1n) is 9.64. The van der Waals surface area contributed by atoms with Crippen LogP contribution < -0.4 is 10.1 Å². The number of hydrogen-bond acceptors (Lipinski definition) is 5. The molecule has 1 aliphatic carbocycles. The number of para-hydroxylation sites is 2. The third kappa shape index (κ3) is 3.85. The van der Waals surface area contributed by atoms with Gasteiger partial charge in [0.15, 0.2) is 0 Å². The van der Waals surface area contributed by atoms with Gasteiger partial charge in [-0.05, 0) is 37.8 Å². The molecule has 2 aliphatic rings. The fourth-order valence-electron chi connectivity index (χ4n) is 3.82. The molecule has 1 saturated heterocycles. The highest BCUT2D eigenvalue weighted by atomic mass is 16.5. The summed E-state index contributed by atoms with van der Waals surface area (Å²) in [5.74, 6) is -1.73. The highest BCUT2D eigenvalue weighted by Crippen LogP contribution is 2.31. The van der Waals surface area contributed by atoms with E-state index in [4.69, 9.17) is 4.74 Å². The number of benzene rings is 1. The maximum Gasteiger partial charge on any atom is 0.334 e. The fraction of sp³-hybridized carbons (Fsp3) is 0.500. The summed E-state index contributed by atoms with van der Waals surface area (Å²) < 4.78 is 5.45. The van der Waals surface area contributed by atoms with E-state index in [1.165, 1.54) is 0 Å². The Kier molecular flexibility index (Phi) is 5.96. The molecule has 1 aliphatic heterocycles. The monoisotopic (exact) mass is 387 g/mol. The Balaban J connectivity index is 1.70. The number of carbonyl (C=O) groups is 4. The Morgan fingerprint density at radius 3 is 2.57 bits per heavy atom. The maximum atomic E-state index is 12.7. The molecule has 2 fully saturated rings. The molecule has 0 radical (unpaired) electrons. The Morgan fingerprint density at radius 1 is 1.14 bits per heavy atom. The summed E-state index contributed by atoms with van der Waals surface area (Å²) in [7, 11) is 0. The number of ether oxygens (including phenoxy) is 1. The quantitative estimate of drug-likeness (QED) is 0.597. The molecule has 0 unspecified atom stereocenters. The SMILES string of the molecule is CCOc1ccccc1NC(=O)CN1C(=O)C(=O)N([C@@H]2CCCC[C@@H]2C)C1=O. The number of hydrogen-bond donors (Lipinski definition) is 1. The van der Waals surface area contributed by atoms with Gasteiger partial charge in [0.2, 0.25) is 5.91 Å². The first-order chi connectivity index (χ1) is 13.4. The summed E-state index contributed by atoms with van der Waals surface area (Å²) in [5.41, 5.74) is 0.442. The van der Waals surface area contributed by atoms with Crippen molar-refractivity contribution in [1.29, 1.82) is 0 Å². The van der Waals surface area contributed by atoms with Gasteiger partial charge in [-0.25, -0.2) is 9.69 Å². The van der Waals surface area contributed by atoms with E-state index in [0.29, 0.717) is 24.5 Å². The molecule has 1 aromatic carbocycles. The lowest BCUT2D eigenvalue weighted by molar-refractivity contribution is -0.145. The minimum Gasteiger partial charge on any atom is -0.492 e. The van der Waals surface area contributed by atoms with Crippen LogP contribution in [0.4, 0.5) is 10.5 Å². The summed E-state index contributed by atoms with van der Waals surface area (Å²) in [5, 5.41) is 2.64. The summed E-state index contributed by atoms with van der Waals surface area (Å²) >= 11 is 0. The largest absolute Gasteiger partial charge is 0.492 e. The number of amides is 5. The molecule has 8 heteroatoms. The van der Waals surface area contributed by atoms with E-state index in [0.717, 1.165) is 29.1 Å². The summed E-state index contributed by atoms with van der Waals surface area (Å²) in [6, 6.07) is 5.89. The smallest absolute Gasteiger partial charge is 0.334 e. The number of imide groups is 2. The van der Waals surface area contributed by atoms with Crippen LogP contribution in [-0.2, 0) is 14.4 Å². The van der Waals surface area contributed by atoms with Crippen molar-refractivity contribution >= 4 is 29.4 Å². The number of rotatable bonds is 6. The molecule has 0 spiro atoms. The van der Waals surface area contributed by atoms with Crippen LogP contribution in [0.2, 0.25) is 0 Å². The lowest BCUT2D eigenvalue weighted by Crippen LogP contribution is -2.46. The van der Waals surface area contributed by atoms with Crippen LogP contribution in [0.25, 0.3) is 0 Å². The van der Waals surface area contributed by atoms with Crippen LogP contribution in [0.5, 0.6) is 5.75 Å². The zero-order chi connectivity index (χ0) is 20.3. The molecule has 28 heavy (non-hydrogen) atoms. The zero-order valence-corrected chi connectivity index (χ0v) is 16.1. The van der Waals surface area contributed by atoms with Crippen LogP contribution >= 0.6 is 0 Å². The maximum absolute atomic E-state index is 12.7. The van der Waals surface area contributed by atoms with Crippen LogP contribution in [0.1, 0.15) is 39.5 Å². The van der Waals surface area contributed by atoms with Gasteiger partial charge in [0.25, 0.3) is 0 Å². The molecular formula is C20H25N3O5. The Morgan fingerprint density at radius 2 is 1.86 bits per heavy atom. The molecule has 5 amide bonds. The Labute approximate surface area is 163 Å². The molecule has 8 nitrogen and oxygen atoms in total. The van der Waals surface area contributed by atoms with Crippen molar-refractivity contribution in [2.24, 2.45) is 5.92 Å². The van der Waals surface area contributed by atoms with E-state index < -0.39 is 30.3 Å². The van der Waals surface area contributed by atoms with Crippen LogP contribution in [-0.4, -0.2) is 52.7 Å². The van der Waals surface area contributed by atoms with Crippen LogP contribution in [0.3, 0.4) is 0 Å². The van der Waals surface area contributed by atoms with Gasteiger partial charge in [0.1, 0.15) is 12.3 Å². The van der Waals surface area contributed by atoms with E-state index in [1.54, 1.807) is 24.3 Å². The minimum atomic E-state index is -0.948. The second-order valence-electron chi connectivity index (χ2n) is 7.16. The van der Waals surface area contributed by atoms with E-state index in [1.807, 2.05) is 13.8 Å². The second kappa shape index (κ2) is 8.41. The third-order valence-electron chi connectivity index (χ3n) is 5.24. The van der Waals surface area contributed by atoms with Gasteiger partial charge in [-0.1, -0.05) is 31.9 Å². The number of nitrogens with zero attached hydrogens (tertiary/aromatic N) is 2. The average Bonchev–Trinajstić information content (AvgIpc) is 2.88. The lowest BCUT2D eigenvalue weighted by atomic mass is 9.85. The number of nitrogens with one attached hydrogen (secondary N) is 1. The van der Waals surface area contributed by atoms with Gasteiger partial charge >= 0.3 is 17.8 Å².